The number of carbonyl (C=O) groups is 1. The van der Waals surface area contributed by atoms with Crippen molar-refractivity contribution in [2.45, 2.75) is 38.0 Å². The van der Waals surface area contributed by atoms with Crippen molar-refractivity contribution < 1.29 is 4.79 Å². The van der Waals surface area contributed by atoms with Crippen LogP contribution in [-0.2, 0) is 11.8 Å². The summed E-state index contributed by atoms with van der Waals surface area (Å²) in [7, 11) is 1.86. The van der Waals surface area contributed by atoms with Crippen molar-refractivity contribution in [3.8, 4) is 0 Å². The molecule has 2 heterocycles. The zero-order chi connectivity index (χ0) is 16.8. The van der Waals surface area contributed by atoms with Crippen LogP contribution in [0.3, 0.4) is 0 Å². The van der Waals surface area contributed by atoms with Gasteiger partial charge in [-0.25, -0.2) is 0 Å². The van der Waals surface area contributed by atoms with Crippen molar-refractivity contribution in [2.24, 2.45) is 7.05 Å². The second-order valence-electron chi connectivity index (χ2n) is 5.16. The largest absolute Gasteiger partial charge is 0.360 e. The van der Waals surface area contributed by atoms with E-state index in [1.807, 2.05) is 20.9 Å². The molecule has 0 atom stereocenters. The van der Waals surface area contributed by atoms with E-state index in [9.17, 15) is 4.79 Å². The Morgan fingerprint density at radius 1 is 1.35 bits per heavy atom. The summed E-state index contributed by atoms with van der Waals surface area (Å²) in [5.41, 5.74) is 2.55. The number of aromatic nitrogens is 4. The highest BCUT2D eigenvalue weighted by Crippen LogP contribution is 2.26. The summed E-state index contributed by atoms with van der Waals surface area (Å²) >= 11 is 2.87. The van der Waals surface area contributed by atoms with Crippen LogP contribution in [-0.4, -0.2) is 38.2 Å². The second kappa shape index (κ2) is 8.30. The number of carbonyl (C=O) groups excluding carboxylic acids is 1. The number of rotatable bonds is 8. The van der Waals surface area contributed by atoms with E-state index in [1.165, 1.54) is 23.1 Å². The van der Waals surface area contributed by atoms with E-state index in [2.05, 4.69) is 32.9 Å². The van der Waals surface area contributed by atoms with Gasteiger partial charge in [0.25, 0.3) is 0 Å². The van der Waals surface area contributed by atoms with E-state index in [0.717, 1.165) is 45.9 Å². The zero-order valence-corrected chi connectivity index (χ0v) is 15.5. The Morgan fingerprint density at radius 2 is 2.13 bits per heavy atom. The highest BCUT2D eigenvalue weighted by atomic mass is 32.2. The predicted molar refractivity (Wildman–Crippen MR) is 95.3 cm³/mol. The van der Waals surface area contributed by atoms with Crippen LogP contribution < -0.4 is 10.6 Å². The van der Waals surface area contributed by atoms with Crippen LogP contribution >= 0.6 is 23.1 Å². The Labute approximate surface area is 144 Å². The molecule has 0 aliphatic carbocycles. The molecule has 0 aliphatic rings. The average Bonchev–Trinajstić information content (AvgIpc) is 3.06. The summed E-state index contributed by atoms with van der Waals surface area (Å²) in [6.45, 7) is 6.86. The lowest BCUT2D eigenvalue weighted by molar-refractivity contribution is -0.113. The Morgan fingerprint density at radius 3 is 2.78 bits per heavy atom. The molecule has 7 nitrogen and oxygen atoms in total. The number of aryl methyl sites for hydroxylation is 2. The van der Waals surface area contributed by atoms with Gasteiger partial charge in [-0.15, -0.1) is 10.2 Å². The summed E-state index contributed by atoms with van der Waals surface area (Å²) in [5.74, 6) is 0.238. The lowest BCUT2D eigenvalue weighted by Gasteiger charge is -2.04. The molecule has 2 aromatic heterocycles. The smallest absolute Gasteiger partial charge is 0.234 e. The minimum atomic E-state index is -0.0649. The van der Waals surface area contributed by atoms with E-state index in [-0.39, 0.29) is 5.91 Å². The molecule has 0 bridgehead atoms. The number of anilines is 2. The molecule has 9 heteroatoms. The highest BCUT2D eigenvalue weighted by Gasteiger charge is 2.13. The molecular formula is C14H22N6OS2. The van der Waals surface area contributed by atoms with Crippen LogP contribution in [0.15, 0.2) is 4.34 Å². The maximum atomic E-state index is 12.1. The third-order valence-electron chi connectivity index (χ3n) is 3.31. The van der Waals surface area contributed by atoms with Crippen LogP contribution in [0, 0.1) is 13.8 Å². The summed E-state index contributed by atoms with van der Waals surface area (Å²) in [6.07, 6.45) is 2.25. The Bertz CT molecular complexity index is 666. The van der Waals surface area contributed by atoms with Gasteiger partial charge in [0.05, 0.1) is 22.8 Å². The first-order chi connectivity index (χ1) is 11.0. The van der Waals surface area contributed by atoms with Gasteiger partial charge in [-0.05, 0) is 20.3 Å². The third kappa shape index (κ3) is 4.93. The van der Waals surface area contributed by atoms with Crippen LogP contribution in [0.5, 0.6) is 0 Å². The lowest BCUT2D eigenvalue weighted by Crippen LogP contribution is -2.15. The molecule has 0 fully saturated rings. The molecule has 0 saturated carbocycles. The molecule has 2 aromatic rings. The fourth-order valence-electron chi connectivity index (χ4n) is 1.97. The van der Waals surface area contributed by atoms with Gasteiger partial charge >= 0.3 is 0 Å². The minimum Gasteiger partial charge on any atom is -0.360 e. The molecule has 2 N–H and O–H groups in total. The first-order valence-corrected chi connectivity index (χ1v) is 9.31. The van der Waals surface area contributed by atoms with E-state index in [1.54, 1.807) is 4.68 Å². The fourth-order valence-corrected chi connectivity index (χ4v) is 3.55. The van der Waals surface area contributed by atoms with Crippen molar-refractivity contribution in [3.63, 3.8) is 0 Å². The minimum absolute atomic E-state index is 0.0649. The van der Waals surface area contributed by atoms with E-state index < -0.39 is 0 Å². The van der Waals surface area contributed by atoms with E-state index >= 15 is 0 Å². The Balaban J connectivity index is 1.82. The summed E-state index contributed by atoms with van der Waals surface area (Å²) in [4.78, 5) is 12.1. The second-order valence-corrected chi connectivity index (χ2v) is 7.36. The molecule has 2 rings (SSSR count). The first-order valence-electron chi connectivity index (χ1n) is 7.51. The molecule has 23 heavy (non-hydrogen) atoms. The van der Waals surface area contributed by atoms with Gasteiger partial charge in [0.15, 0.2) is 4.34 Å². The number of nitrogens with zero attached hydrogens (tertiary/aromatic N) is 4. The summed E-state index contributed by atoms with van der Waals surface area (Å²) in [5, 5.41) is 19.4. The van der Waals surface area contributed by atoms with Crippen LogP contribution in [0.4, 0.5) is 10.8 Å². The zero-order valence-electron chi connectivity index (χ0n) is 13.8. The number of amides is 1. The van der Waals surface area contributed by atoms with E-state index in [0.29, 0.717) is 5.75 Å². The average molecular weight is 355 g/mol. The van der Waals surface area contributed by atoms with Crippen molar-refractivity contribution in [1.29, 1.82) is 0 Å². The number of unbranched alkanes of at least 4 members (excludes halogenated alkanes) is 1. The third-order valence-corrected chi connectivity index (χ3v) is 5.33. The van der Waals surface area contributed by atoms with Gasteiger partial charge in [0, 0.05) is 13.6 Å². The number of hydrogen-bond acceptors (Lipinski definition) is 7. The van der Waals surface area contributed by atoms with Gasteiger partial charge < -0.3 is 10.6 Å². The number of nitrogens with one attached hydrogen (secondary N) is 2. The maximum Gasteiger partial charge on any atom is 0.234 e. The number of hydrogen-bond donors (Lipinski definition) is 2. The fraction of sp³-hybridized carbons (Fsp3) is 0.571. The van der Waals surface area contributed by atoms with Gasteiger partial charge in [-0.2, -0.15) is 5.10 Å². The van der Waals surface area contributed by atoms with Crippen molar-refractivity contribution >= 4 is 39.8 Å². The normalized spacial score (nSPS) is 10.8. The van der Waals surface area contributed by atoms with Crippen LogP contribution in [0.1, 0.15) is 31.2 Å². The Kier molecular flexibility index (Phi) is 6.40. The van der Waals surface area contributed by atoms with Gasteiger partial charge in [0.2, 0.25) is 11.0 Å². The molecule has 126 valence electrons. The Hall–Kier alpha value is -1.61. The molecule has 0 aliphatic heterocycles. The molecular weight excluding hydrogens is 332 g/mol. The SMILES string of the molecule is CCCCNc1nnc(SCC(=O)Nc2c(C)nn(C)c2C)s1. The molecule has 0 aromatic carbocycles. The van der Waals surface area contributed by atoms with Crippen molar-refractivity contribution in [3.05, 3.63) is 11.4 Å². The first kappa shape index (κ1) is 17.7. The van der Waals surface area contributed by atoms with Crippen molar-refractivity contribution in [1.82, 2.24) is 20.0 Å². The standard InChI is InChI=1S/C14H22N6OS2/c1-5-6-7-15-13-17-18-14(23-13)22-8-11(21)16-12-9(2)19-20(4)10(12)3/h5-8H2,1-4H3,(H,15,17)(H,16,21). The molecule has 0 saturated heterocycles. The molecule has 1 amide bonds. The lowest BCUT2D eigenvalue weighted by atomic mass is 10.3. The van der Waals surface area contributed by atoms with Crippen molar-refractivity contribution in [2.75, 3.05) is 22.9 Å². The van der Waals surface area contributed by atoms with Crippen LogP contribution in [0.25, 0.3) is 0 Å². The maximum absolute atomic E-state index is 12.1. The quantitative estimate of drug-likeness (QED) is 0.560. The monoisotopic (exact) mass is 354 g/mol. The summed E-state index contributed by atoms with van der Waals surface area (Å²) in [6, 6.07) is 0. The van der Waals surface area contributed by atoms with Crippen LogP contribution in [0.2, 0.25) is 0 Å². The van der Waals surface area contributed by atoms with Gasteiger partial charge in [-0.1, -0.05) is 36.4 Å². The molecule has 0 spiro atoms. The van der Waals surface area contributed by atoms with Gasteiger partial charge in [0.1, 0.15) is 0 Å². The summed E-state index contributed by atoms with van der Waals surface area (Å²) < 4.78 is 2.55. The predicted octanol–water partition coefficient (Wildman–Crippen LogP) is 2.83. The number of thioether (sulfide) groups is 1. The molecule has 0 radical (unpaired) electrons. The topological polar surface area (TPSA) is 84.7 Å². The highest BCUT2D eigenvalue weighted by molar-refractivity contribution is 8.01. The van der Waals surface area contributed by atoms with Gasteiger partial charge in [-0.3, -0.25) is 9.48 Å². The molecule has 0 unspecified atom stereocenters. The van der Waals surface area contributed by atoms with E-state index in [4.69, 9.17) is 0 Å².